The van der Waals surface area contributed by atoms with E-state index in [2.05, 4.69) is 22.1 Å². The van der Waals surface area contributed by atoms with E-state index < -0.39 is 0 Å². The second-order valence-electron chi connectivity index (χ2n) is 6.26. The van der Waals surface area contributed by atoms with Gasteiger partial charge in [0.1, 0.15) is 11.5 Å². The van der Waals surface area contributed by atoms with Gasteiger partial charge in [0, 0.05) is 24.2 Å². The molecule has 0 atom stereocenters. The first-order chi connectivity index (χ1) is 14.2. The average Bonchev–Trinajstić information content (AvgIpc) is 3.18. The Morgan fingerprint density at radius 2 is 1.66 bits per heavy atom. The maximum Gasteiger partial charge on any atom is 0.222 e. The molecule has 0 fully saturated rings. The largest absolute Gasteiger partial charge is 0.497 e. The third-order valence-electron chi connectivity index (χ3n) is 4.35. The van der Waals surface area contributed by atoms with Gasteiger partial charge in [-0.3, -0.25) is 0 Å². The van der Waals surface area contributed by atoms with Crippen LogP contribution in [0.3, 0.4) is 0 Å². The Bertz CT molecular complexity index is 1110. The van der Waals surface area contributed by atoms with Crippen molar-refractivity contribution < 1.29 is 9.47 Å². The van der Waals surface area contributed by atoms with E-state index in [0.717, 1.165) is 33.3 Å². The summed E-state index contributed by atoms with van der Waals surface area (Å²) >= 11 is 7.64. The lowest BCUT2D eigenvalue weighted by Crippen LogP contribution is -1.92. The summed E-state index contributed by atoms with van der Waals surface area (Å²) in [6.07, 6.45) is 2.38. The Morgan fingerprint density at radius 1 is 0.931 bits per heavy atom. The Balaban J connectivity index is 1.85. The number of halogens is 1. The first-order valence-corrected chi connectivity index (χ1v) is 10.1. The van der Waals surface area contributed by atoms with Crippen molar-refractivity contribution >= 4 is 22.9 Å². The first kappa shape index (κ1) is 19.4. The number of benzene rings is 2. The molecule has 0 saturated heterocycles. The molecular weight excluding hydrogens is 406 g/mol. The van der Waals surface area contributed by atoms with Crippen molar-refractivity contribution in [1.82, 2.24) is 15.0 Å². The van der Waals surface area contributed by atoms with E-state index in [-0.39, 0.29) is 5.28 Å². The standard InChI is InChI=1S/C22H18ClN3O2S/c1-27-16-11-15(12-17(13-16)28-2)20-21(18-8-9-24-22(23)25-18)29-19(26-20)10-14-6-4-3-5-7-14/h3-9,11-13H,10H2,1-2H3. The van der Waals surface area contributed by atoms with Crippen LogP contribution in [-0.2, 0) is 6.42 Å². The molecule has 4 aromatic rings. The zero-order chi connectivity index (χ0) is 20.2. The monoisotopic (exact) mass is 423 g/mol. The van der Waals surface area contributed by atoms with Gasteiger partial charge in [-0.15, -0.1) is 11.3 Å². The molecule has 4 rings (SSSR count). The molecular formula is C22H18ClN3O2S. The SMILES string of the molecule is COc1cc(OC)cc(-c2nc(Cc3ccccc3)sc2-c2ccnc(Cl)n2)c1. The van der Waals surface area contributed by atoms with Crippen LogP contribution >= 0.6 is 22.9 Å². The van der Waals surface area contributed by atoms with Gasteiger partial charge in [0.25, 0.3) is 0 Å². The third-order valence-corrected chi connectivity index (χ3v) is 5.61. The van der Waals surface area contributed by atoms with Crippen LogP contribution in [0.4, 0.5) is 0 Å². The van der Waals surface area contributed by atoms with Crippen LogP contribution in [0.1, 0.15) is 10.6 Å². The number of rotatable bonds is 6. The van der Waals surface area contributed by atoms with E-state index in [1.165, 1.54) is 5.56 Å². The Kier molecular flexibility index (Phi) is 5.74. The van der Waals surface area contributed by atoms with Crippen molar-refractivity contribution in [3.63, 3.8) is 0 Å². The summed E-state index contributed by atoms with van der Waals surface area (Å²) in [6.45, 7) is 0. The number of nitrogens with zero attached hydrogens (tertiary/aromatic N) is 3. The molecule has 29 heavy (non-hydrogen) atoms. The number of thiazole rings is 1. The summed E-state index contributed by atoms with van der Waals surface area (Å²) in [6, 6.07) is 17.8. The second-order valence-corrected chi connectivity index (χ2v) is 7.68. The topological polar surface area (TPSA) is 57.1 Å². The fraction of sp³-hybridized carbons (Fsp3) is 0.136. The van der Waals surface area contributed by atoms with Gasteiger partial charge in [0.2, 0.25) is 5.28 Å². The van der Waals surface area contributed by atoms with Gasteiger partial charge in [-0.05, 0) is 35.4 Å². The molecule has 2 heterocycles. The number of ether oxygens (including phenoxy) is 2. The Morgan fingerprint density at radius 3 is 2.31 bits per heavy atom. The predicted molar refractivity (Wildman–Crippen MR) is 116 cm³/mol. The maximum absolute atomic E-state index is 6.05. The van der Waals surface area contributed by atoms with Crippen molar-refractivity contribution in [2.45, 2.75) is 6.42 Å². The zero-order valence-electron chi connectivity index (χ0n) is 15.9. The summed E-state index contributed by atoms with van der Waals surface area (Å²) in [5.41, 5.74) is 3.64. The van der Waals surface area contributed by atoms with Crippen molar-refractivity contribution in [3.05, 3.63) is 76.6 Å². The molecule has 2 aromatic carbocycles. The molecule has 0 radical (unpaired) electrons. The van der Waals surface area contributed by atoms with Gasteiger partial charge in [-0.1, -0.05) is 30.3 Å². The van der Waals surface area contributed by atoms with Crippen molar-refractivity contribution in [3.8, 4) is 33.3 Å². The van der Waals surface area contributed by atoms with Crippen LogP contribution in [0.5, 0.6) is 11.5 Å². The molecule has 2 aromatic heterocycles. The summed E-state index contributed by atoms with van der Waals surface area (Å²) in [5, 5.41) is 1.19. The Labute approximate surface area is 178 Å². The van der Waals surface area contributed by atoms with E-state index in [0.29, 0.717) is 11.5 Å². The van der Waals surface area contributed by atoms with Crippen molar-refractivity contribution in [1.29, 1.82) is 0 Å². The highest BCUT2D eigenvalue weighted by Gasteiger charge is 2.18. The van der Waals surface area contributed by atoms with Crippen molar-refractivity contribution in [2.75, 3.05) is 14.2 Å². The predicted octanol–water partition coefficient (Wildman–Crippen LogP) is 5.53. The highest BCUT2D eigenvalue weighted by atomic mass is 35.5. The molecule has 0 aliphatic carbocycles. The lowest BCUT2D eigenvalue weighted by Gasteiger charge is -2.08. The average molecular weight is 424 g/mol. The molecule has 0 aliphatic rings. The first-order valence-electron chi connectivity index (χ1n) is 8.92. The smallest absolute Gasteiger partial charge is 0.222 e. The molecule has 0 N–H and O–H groups in total. The molecule has 0 aliphatic heterocycles. The molecule has 0 unspecified atom stereocenters. The third kappa shape index (κ3) is 4.39. The van der Waals surface area contributed by atoms with Gasteiger partial charge in [-0.2, -0.15) is 0 Å². The van der Waals surface area contributed by atoms with E-state index in [1.54, 1.807) is 31.8 Å². The van der Waals surface area contributed by atoms with Crippen LogP contribution < -0.4 is 9.47 Å². The van der Waals surface area contributed by atoms with E-state index in [9.17, 15) is 0 Å². The minimum absolute atomic E-state index is 0.203. The normalized spacial score (nSPS) is 10.7. The van der Waals surface area contributed by atoms with Crippen LogP contribution in [0.15, 0.2) is 60.8 Å². The van der Waals surface area contributed by atoms with Gasteiger partial charge < -0.3 is 9.47 Å². The molecule has 0 amide bonds. The van der Waals surface area contributed by atoms with Crippen LogP contribution in [0, 0.1) is 0 Å². The Hall–Kier alpha value is -2.96. The quantitative estimate of drug-likeness (QED) is 0.382. The van der Waals surface area contributed by atoms with Gasteiger partial charge >= 0.3 is 0 Å². The highest BCUT2D eigenvalue weighted by molar-refractivity contribution is 7.15. The molecule has 0 bridgehead atoms. The van der Waals surface area contributed by atoms with Crippen LogP contribution in [0.2, 0.25) is 5.28 Å². The maximum atomic E-state index is 6.05. The fourth-order valence-electron chi connectivity index (χ4n) is 2.99. The number of hydrogen-bond donors (Lipinski definition) is 0. The van der Waals surface area contributed by atoms with Gasteiger partial charge in [0.05, 0.1) is 35.5 Å². The fourth-order valence-corrected chi connectivity index (χ4v) is 4.22. The molecule has 0 saturated carbocycles. The number of methoxy groups -OCH3 is 2. The molecule has 5 nitrogen and oxygen atoms in total. The van der Waals surface area contributed by atoms with E-state index in [4.69, 9.17) is 26.1 Å². The van der Waals surface area contributed by atoms with E-state index in [1.807, 2.05) is 42.5 Å². The minimum atomic E-state index is 0.203. The van der Waals surface area contributed by atoms with Crippen LogP contribution in [-0.4, -0.2) is 29.2 Å². The summed E-state index contributed by atoms with van der Waals surface area (Å²) in [5.74, 6) is 1.40. The number of hydrogen-bond acceptors (Lipinski definition) is 6. The number of aromatic nitrogens is 3. The highest BCUT2D eigenvalue weighted by Crippen LogP contribution is 2.39. The van der Waals surface area contributed by atoms with Gasteiger partial charge in [0.15, 0.2) is 0 Å². The second kappa shape index (κ2) is 8.59. The van der Waals surface area contributed by atoms with Crippen molar-refractivity contribution in [2.24, 2.45) is 0 Å². The lowest BCUT2D eigenvalue weighted by atomic mass is 10.1. The minimum Gasteiger partial charge on any atom is -0.497 e. The van der Waals surface area contributed by atoms with E-state index >= 15 is 0 Å². The van der Waals surface area contributed by atoms with Gasteiger partial charge in [-0.25, -0.2) is 15.0 Å². The molecule has 7 heteroatoms. The summed E-state index contributed by atoms with van der Waals surface area (Å²) in [4.78, 5) is 14.3. The molecule has 146 valence electrons. The summed E-state index contributed by atoms with van der Waals surface area (Å²) in [7, 11) is 3.26. The molecule has 0 spiro atoms. The lowest BCUT2D eigenvalue weighted by molar-refractivity contribution is 0.394. The van der Waals surface area contributed by atoms with Crippen LogP contribution in [0.25, 0.3) is 21.8 Å². The zero-order valence-corrected chi connectivity index (χ0v) is 17.5. The summed E-state index contributed by atoms with van der Waals surface area (Å²) < 4.78 is 10.9.